The molecule has 3 rings (SSSR count). The summed E-state index contributed by atoms with van der Waals surface area (Å²) in [4.78, 5) is 0. The average Bonchev–Trinajstić information content (AvgIpc) is 2.83. The van der Waals surface area contributed by atoms with Crippen molar-refractivity contribution in [2.45, 2.75) is 32.3 Å². The van der Waals surface area contributed by atoms with E-state index in [1.54, 1.807) is 21.3 Å². The number of benzene rings is 1. The number of ether oxygens (including phenoxy) is 3. The topological polar surface area (TPSA) is 47.9 Å². The van der Waals surface area contributed by atoms with Crippen molar-refractivity contribution < 1.29 is 19.3 Å². The monoisotopic (exact) mass is 328 g/mol. The summed E-state index contributed by atoms with van der Waals surface area (Å²) in [5, 5.41) is 10.3. The predicted octanol–water partition coefficient (Wildman–Crippen LogP) is 3.56. The number of hydrogen-bond donors (Lipinski definition) is 1. The van der Waals surface area contributed by atoms with Crippen molar-refractivity contribution in [3.8, 4) is 11.5 Å². The maximum absolute atomic E-state index is 10.3. The standard InChI is InChI=1S/C20H24O4/c1-12-18(23-3)11-14-7-5-6-13-10-16(21)17(22-2)9-8-15(13)19(14)20(12)24-4/h8-11,16,21H,5-7H2,1-4H3. The van der Waals surface area contributed by atoms with Crippen LogP contribution in [0.4, 0.5) is 0 Å². The van der Waals surface area contributed by atoms with Crippen LogP contribution in [0.3, 0.4) is 0 Å². The third-order valence-electron chi connectivity index (χ3n) is 4.80. The highest BCUT2D eigenvalue weighted by atomic mass is 16.5. The van der Waals surface area contributed by atoms with Gasteiger partial charge in [-0.15, -0.1) is 0 Å². The van der Waals surface area contributed by atoms with Crippen LogP contribution >= 0.6 is 0 Å². The van der Waals surface area contributed by atoms with Crippen LogP contribution < -0.4 is 9.47 Å². The number of aryl methyl sites for hydroxylation is 1. The van der Waals surface area contributed by atoms with Gasteiger partial charge in [0.15, 0.2) is 0 Å². The first-order chi connectivity index (χ1) is 11.6. The molecule has 0 saturated heterocycles. The maximum atomic E-state index is 10.3. The van der Waals surface area contributed by atoms with Crippen molar-refractivity contribution in [1.29, 1.82) is 0 Å². The Morgan fingerprint density at radius 1 is 1.04 bits per heavy atom. The van der Waals surface area contributed by atoms with Crippen LogP contribution in [0.25, 0.3) is 5.57 Å². The number of hydrogen-bond acceptors (Lipinski definition) is 4. The first-order valence-electron chi connectivity index (χ1n) is 8.20. The molecule has 0 radical (unpaired) electrons. The molecule has 0 aliphatic heterocycles. The van der Waals surface area contributed by atoms with E-state index in [1.807, 2.05) is 25.2 Å². The lowest BCUT2D eigenvalue weighted by atomic mass is 9.91. The Morgan fingerprint density at radius 2 is 1.83 bits per heavy atom. The second-order valence-corrected chi connectivity index (χ2v) is 6.11. The third kappa shape index (κ3) is 2.71. The van der Waals surface area contributed by atoms with Crippen molar-refractivity contribution in [2.75, 3.05) is 21.3 Å². The molecule has 2 aliphatic carbocycles. The minimum atomic E-state index is -0.717. The third-order valence-corrected chi connectivity index (χ3v) is 4.80. The maximum Gasteiger partial charge on any atom is 0.133 e. The van der Waals surface area contributed by atoms with Gasteiger partial charge in [-0.2, -0.15) is 0 Å². The van der Waals surface area contributed by atoms with E-state index >= 15 is 0 Å². The molecular formula is C20H24O4. The zero-order valence-corrected chi connectivity index (χ0v) is 14.7. The zero-order chi connectivity index (χ0) is 17.3. The van der Waals surface area contributed by atoms with Crippen molar-refractivity contribution >= 4 is 5.57 Å². The van der Waals surface area contributed by atoms with Crippen molar-refractivity contribution in [1.82, 2.24) is 0 Å². The van der Waals surface area contributed by atoms with Gasteiger partial charge in [0.1, 0.15) is 23.4 Å². The fraction of sp³-hybridized carbons (Fsp3) is 0.400. The van der Waals surface area contributed by atoms with E-state index in [-0.39, 0.29) is 0 Å². The van der Waals surface area contributed by atoms with E-state index in [0.29, 0.717) is 5.76 Å². The molecule has 1 N–H and O–H groups in total. The first-order valence-corrected chi connectivity index (χ1v) is 8.20. The highest BCUT2D eigenvalue weighted by Gasteiger charge is 2.26. The Morgan fingerprint density at radius 3 is 2.50 bits per heavy atom. The van der Waals surface area contributed by atoms with Gasteiger partial charge in [0.05, 0.1) is 21.3 Å². The molecule has 4 nitrogen and oxygen atoms in total. The van der Waals surface area contributed by atoms with Gasteiger partial charge in [-0.05, 0) is 61.1 Å². The summed E-state index contributed by atoms with van der Waals surface area (Å²) < 4.78 is 16.6. The fourth-order valence-corrected chi connectivity index (χ4v) is 3.60. The highest BCUT2D eigenvalue weighted by molar-refractivity contribution is 5.87. The number of aliphatic hydroxyl groups excluding tert-OH is 1. The molecule has 0 spiro atoms. The molecule has 4 heteroatoms. The summed E-state index contributed by atoms with van der Waals surface area (Å²) >= 11 is 0. The molecular weight excluding hydrogens is 304 g/mol. The van der Waals surface area contributed by atoms with E-state index in [1.165, 1.54) is 5.56 Å². The number of methoxy groups -OCH3 is 3. The molecule has 1 aromatic rings. The predicted molar refractivity (Wildman–Crippen MR) is 94.4 cm³/mol. The number of allylic oxidation sites excluding steroid dienone is 4. The Kier molecular flexibility index (Phi) is 4.67. The zero-order valence-electron chi connectivity index (χ0n) is 14.7. The molecule has 0 bridgehead atoms. The first kappa shape index (κ1) is 16.7. The fourth-order valence-electron chi connectivity index (χ4n) is 3.60. The van der Waals surface area contributed by atoms with Crippen molar-refractivity contribution in [3.05, 3.63) is 52.3 Å². The summed E-state index contributed by atoms with van der Waals surface area (Å²) in [6.45, 7) is 2.01. The van der Waals surface area contributed by atoms with Gasteiger partial charge in [-0.3, -0.25) is 0 Å². The minimum absolute atomic E-state index is 0.550. The van der Waals surface area contributed by atoms with Crippen LogP contribution in [-0.2, 0) is 11.2 Å². The Bertz CT molecular complexity index is 740. The Labute approximate surface area is 143 Å². The lowest BCUT2D eigenvalue weighted by molar-refractivity contribution is 0.161. The molecule has 1 atom stereocenters. The molecule has 0 heterocycles. The largest absolute Gasteiger partial charge is 0.498 e. The Balaban J connectivity index is 2.27. The van der Waals surface area contributed by atoms with Gasteiger partial charge in [0.2, 0.25) is 0 Å². The van der Waals surface area contributed by atoms with Crippen LogP contribution in [0.1, 0.15) is 29.5 Å². The van der Waals surface area contributed by atoms with Crippen molar-refractivity contribution in [3.63, 3.8) is 0 Å². The van der Waals surface area contributed by atoms with Crippen molar-refractivity contribution in [2.24, 2.45) is 0 Å². The van der Waals surface area contributed by atoms with E-state index in [2.05, 4.69) is 6.07 Å². The molecule has 1 aromatic carbocycles. The van der Waals surface area contributed by atoms with Crippen LogP contribution in [0.5, 0.6) is 11.5 Å². The molecule has 24 heavy (non-hydrogen) atoms. The number of aliphatic hydroxyl groups is 1. The molecule has 0 amide bonds. The molecule has 1 unspecified atom stereocenters. The van der Waals surface area contributed by atoms with E-state index in [9.17, 15) is 5.11 Å². The molecule has 128 valence electrons. The molecule has 0 aromatic heterocycles. The lowest BCUT2D eigenvalue weighted by Crippen LogP contribution is -2.08. The second kappa shape index (κ2) is 6.73. The van der Waals surface area contributed by atoms with E-state index in [0.717, 1.165) is 53.0 Å². The molecule has 0 saturated carbocycles. The van der Waals surface area contributed by atoms with Gasteiger partial charge in [-0.25, -0.2) is 0 Å². The minimum Gasteiger partial charge on any atom is -0.498 e. The quantitative estimate of drug-likeness (QED) is 0.921. The normalized spacial score (nSPS) is 19.7. The van der Waals surface area contributed by atoms with Crippen LogP contribution in [-0.4, -0.2) is 32.5 Å². The molecule has 2 aliphatic rings. The van der Waals surface area contributed by atoms with E-state index in [4.69, 9.17) is 14.2 Å². The van der Waals surface area contributed by atoms with Gasteiger partial charge < -0.3 is 19.3 Å². The van der Waals surface area contributed by atoms with E-state index < -0.39 is 6.10 Å². The summed E-state index contributed by atoms with van der Waals surface area (Å²) in [6.07, 6.45) is 7.92. The second-order valence-electron chi connectivity index (χ2n) is 6.11. The molecule has 0 fully saturated rings. The summed E-state index contributed by atoms with van der Waals surface area (Å²) in [6, 6.07) is 2.11. The van der Waals surface area contributed by atoms with Crippen LogP contribution in [0.2, 0.25) is 0 Å². The summed E-state index contributed by atoms with van der Waals surface area (Å²) in [5.41, 5.74) is 5.53. The van der Waals surface area contributed by atoms with Gasteiger partial charge in [0, 0.05) is 11.1 Å². The smallest absolute Gasteiger partial charge is 0.133 e. The summed E-state index contributed by atoms with van der Waals surface area (Å²) in [5.74, 6) is 2.24. The lowest BCUT2D eigenvalue weighted by Gasteiger charge is -2.19. The van der Waals surface area contributed by atoms with Crippen LogP contribution in [0, 0.1) is 6.92 Å². The van der Waals surface area contributed by atoms with Gasteiger partial charge in [-0.1, -0.05) is 6.08 Å². The Hall–Kier alpha value is -2.20. The highest BCUT2D eigenvalue weighted by Crippen LogP contribution is 2.45. The van der Waals surface area contributed by atoms with Gasteiger partial charge >= 0.3 is 0 Å². The SMILES string of the molecule is COC1=CC=C2C(=CC1O)CCCc1cc(OC)c(C)c(OC)c12. The van der Waals surface area contributed by atoms with Crippen LogP contribution in [0.15, 0.2) is 35.6 Å². The number of rotatable bonds is 3. The average molecular weight is 328 g/mol. The summed E-state index contributed by atoms with van der Waals surface area (Å²) in [7, 11) is 4.96. The van der Waals surface area contributed by atoms with Gasteiger partial charge in [0.25, 0.3) is 0 Å². The number of fused-ring (bicyclic) bond motifs is 3.